The maximum absolute atomic E-state index is 2.38. The van der Waals surface area contributed by atoms with Gasteiger partial charge in [-0.15, -0.1) is 0 Å². The standard InChI is InChI=1S/C11H16B2/c1-12-7-9-13(10-8-12)11-5-3-2-4-6-11/h2-6H,7-10H2,1H3. The lowest BCUT2D eigenvalue weighted by Gasteiger charge is -2.22. The summed E-state index contributed by atoms with van der Waals surface area (Å²) in [5.41, 5.74) is 1.55. The van der Waals surface area contributed by atoms with Crippen LogP contribution in [0.15, 0.2) is 30.3 Å². The van der Waals surface area contributed by atoms with E-state index < -0.39 is 0 Å². The maximum atomic E-state index is 2.38. The molecule has 0 spiro atoms. The van der Waals surface area contributed by atoms with Gasteiger partial charge in [-0.3, -0.25) is 0 Å². The van der Waals surface area contributed by atoms with Crippen LogP contribution in [0.5, 0.6) is 0 Å². The molecule has 1 aliphatic heterocycles. The zero-order chi connectivity index (χ0) is 9.10. The van der Waals surface area contributed by atoms with E-state index >= 15 is 0 Å². The SMILES string of the molecule is CB1CCB(c2ccccc2)CC1. The summed E-state index contributed by atoms with van der Waals surface area (Å²) in [5, 5.41) is 0. The summed E-state index contributed by atoms with van der Waals surface area (Å²) in [6, 6.07) is 11.0. The van der Waals surface area contributed by atoms with Crippen molar-refractivity contribution in [1.82, 2.24) is 0 Å². The fraction of sp³-hybridized carbons (Fsp3) is 0.455. The fourth-order valence-corrected chi connectivity index (χ4v) is 2.32. The van der Waals surface area contributed by atoms with E-state index in [9.17, 15) is 0 Å². The first kappa shape index (κ1) is 8.93. The van der Waals surface area contributed by atoms with Gasteiger partial charge in [-0.05, 0) is 0 Å². The van der Waals surface area contributed by atoms with Crippen LogP contribution >= 0.6 is 0 Å². The van der Waals surface area contributed by atoms with Gasteiger partial charge in [-0.25, -0.2) is 0 Å². The zero-order valence-corrected chi connectivity index (χ0v) is 8.37. The van der Waals surface area contributed by atoms with Gasteiger partial charge in [0.05, 0.1) is 0 Å². The monoisotopic (exact) mass is 170 g/mol. The normalized spacial score (nSPS) is 17.6. The van der Waals surface area contributed by atoms with E-state index in [4.69, 9.17) is 0 Å². The van der Waals surface area contributed by atoms with Gasteiger partial charge in [0, 0.05) is 0 Å². The van der Waals surface area contributed by atoms with E-state index in [2.05, 4.69) is 37.2 Å². The average Bonchev–Trinajstić information content (AvgIpc) is 2.20. The van der Waals surface area contributed by atoms with Crippen molar-refractivity contribution >= 4 is 18.9 Å². The molecule has 0 N–H and O–H groups in total. The minimum absolute atomic E-state index is 0.845. The Morgan fingerprint density at radius 1 is 0.923 bits per heavy atom. The van der Waals surface area contributed by atoms with Crippen molar-refractivity contribution in [2.75, 3.05) is 0 Å². The minimum atomic E-state index is 0.845. The highest BCUT2D eigenvalue weighted by Gasteiger charge is 2.23. The largest absolute Gasteiger partial charge is 0.174 e. The Bertz CT molecular complexity index is 250. The second-order valence-electron chi connectivity index (χ2n) is 4.37. The van der Waals surface area contributed by atoms with Crippen LogP contribution in [0.25, 0.3) is 0 Å². The quantitative estimate of drug-likeness (QED) is 0.568. The summed E-state index contributed by atoms with van der Waals surface area (Å²) in [6.07, 6.45) is 5.62. The van der Waals surface area contributed by atoms with Crippen LogP contribution in [0, 0.1) is 0 Å². The Morgan fingerprint density at radius 2 is 1.54 bits per heavy atom. The summed E-state index contributed by atoms with van der Waals surface area (Å²) < 4.78 is 0. The highest BCUT2D eigenvalue weighted by atomic mass is 13.9. The van der Waals surface area contributed by atoms with Crippen molar-refractivity contribution in [3.63, 3.8) is 0 Å². The predicted molar refractivity (Wildman–Crippen MR) is 62.7 cm³/mol. The van der Waals surface area contributed by atoms with Crippen molar-refractivity contribution in [2.24, 2.45) is 0 Å². The van der Waals surface area contributed by atoms with Crippen LogP contribution in [-0.2, 0) is 0 Å². The van der Waals surface area contributed by atoms with E-state index in [1.165, 1.54) is 25.3 Å². The Morgan fingerprint density at radius 3 is 2.15 bits per heavy atom. The van der Waals surface area contributed by atoms with Gasteiger partial charge >= 0.3 is 0 Å². The molecule has 0 bridgehead atoms. The van der Waals surface area contributed by atoms with Crippen LogP contribution in [-0.4, -0.2) is 13.4 Å². The molecule has 2 heteroatoms. The van der Waals surface area contributed by atoms with E-state index in [0.717, 1.165) is 13.4 Å². The Balaban J connectivity index is 2.03. The molecule has 0 saturated carbocycles. The Hall–Kier alpha value is -0.650. The van der Waals surface area contributed by atoms with Crippen LogP contribution in [0.4, 0.5) is 0 Å². The molecule has 1 aliphatic rings. The maximum Gasteiger partial charge on any atom is 0.174 e. The highest BCUT2D eigenvalue weighted by molar-refractivity contribution is 6.78. The molecule has 2 rings (SSSR count). The topological polar surface area (TPSA) is 0 Å². The Kier molecular flexibility index (Phi) is 2.77. The predicted octanol–water partition coefficient (Wildman–Crippen LogP) is 2.53. The van der Waals surface area contributed by atoms with Crippen molar-refractivity contribution in [3.8, 4) is 0 Å². The van der Waals surface area contributed by atoms with E-state index in [-0.39, 0.29) is 0 Å². The molecule has 66 valence electrons. The van der Waals surface area contributed by atoms with E-state index in [1.807, 2.05) is 0 Å². The Labute approximate surface area is 81.9 Å². The number of rotatable bonds is 1. The molecule has 1 aromatic rings. The molecule has 1 aromatic carbocycles. The summed E-state index contributed by atoms with van der Waals surface area (Å²) in [6.45, 7) is 4.18. The van der Waals surface area contributed by atoms with Crippen molar-refractivity contribution in [1.29, 1.82) is 0 Å². The van der Waals surface area contributed by atoms with Gasteiger partial charge in [0.1, 0.15) is 6.71 Å². The molecule has 0 amide bonds. The summed E-state index contributed by atoms with van der Waals surface area (Å²) in [7, 11) is 0. The van der Waals surface area contributed by atoms with E-state index in [0.29, 0.717) is 0 Å². The lowest BCUT2D eigenvalue weighted by molar-refractivity contribution is 1.19. The molecule has 1 saturated heterocycles. The third kappa shape index (κ3) is 2.18. The zero-order valence-electron chi connectivity index (χ0n) is 8.37. The van der Waals surface area contributed by atoms with Gasteiger partial charge < -0.3 is 0 Å². The van der Waals surface area contributed by atoms with Crippen molar-refractivity contribution < 1.29 is 0 Å². The van der Waals surface area contributed by atoms with Crippen LogP contribution in [0.2, 0.25) is 32.1 Å². The number of hydrogen-bond donors (Lipinski definition) is 0. The molecular formula is C11H16B2. The average molecular weight is 170 g/mol. The summed E-state index contributed by atoms with van der Waals surface area (Å²) in [5.74, 6) is 0. The van der Waals surface area contributed by atoms with Gasteiger partial charge in [-0.1, -0.05) is 67.9 Å². The first-order valence-corrected chi connectivity index (χ1v) is 5.41. The van der Waals surface area contributed by atoms with E-state index in [1.54, 1.807) is 5.46 Å². The lowest BCUT2D eigenvalue weighted by Crippen LogP contribution is -2.34. The van der Waals surface area contributed by atoms with Crippen molar-refractivity contribution in [2.45, 2.75) is 32.1 Å². The second-order valence-corrected chi connectivity index (χ2v) is 4.37. The third-order valence-electron chi connectivity index (χ3n) is 3.29. The molecule has 0 unspecified atom stereocenters. The molecule has 0 aromatic heterocycles. The number of hydrogen-bond acceptors (Lipinski definition) is 0. The third-order valence-corrected chi connectivity index (χ3v) is 3.29. The minimum Gasteiger partial charge on any atom is -0.0861 e. The molecule has 0 radical (unpaired) electrons. The fourth-order valence-electron chi connectivity index (χ4n) is 2.32. The van der Waals surface area contributed by atoms with Crippen molar-refractivity contribution in [3.05, 3.63) is 30.3 Å². The smallest absolute Gasteiger partial charge is 0.0861 e. The molecule has 0 aliphatic carbocycles. The lowest BCUT2D eigenvalue weighted by atomic mass is 9.26. The molecular weight excluding hydrogens is 154 g/mol. The van der Waals surface area contributed by atoms with Gasteiger partial charge in [0.25, 0.3) is 0 Å². The van der Waals surface area contributed by atoms with Gasteiger partial charge in [0.15, 0.2) is 6.71 Å². The molecule has 0 nitrogen and oxygen atoms in total. The van der Waals surface area contributed by atoms with Gasteiger partial charge in [-0.2, -0.15) is 0 Å². The summed E-state index contributed by atoms with van der Waals surface area (Å²) in [4.78, 5) is 0. The van der Waals surface area contributed by atoms with Gasteiger partial charge in [0.2, 0.25) is 0 Å². The first-order valence-electron chi connectivity index (χ1n) is 5.41. The molecule has 1 fully saturated rings. The van der Waals surface area contributed by atoms with Crippen LogP contribution in [0.3, 0.4) is 0 Å². The number of benzene rings is 1. The highest BCUT2D eigenvalue weighted by Crippen LogP contribution is 2.20. The van der Waals surface area contributed by atoms with Crippen LogP contribution < -0.4 is 5.46 Å². The molecule has 13 heavy (non-hydrogen) atoms. The summed E-state index contributed by atoms with van der Waals surface area (Å²) >= 11 is 0. The molecule has 0 atom stereocenters. The second kappa shape index (κ2) is 4.04. The molecule has 1 heterocycles. The first-order chi connectivity index (χ1) is 6.36. The van der Waals surface area contributed by atoms with Crippen LogP contribution in [0.1, 0.15) is 0 Å².